The molecule has 4 nitrogen and oxygen atoms in total. The molecule has 5 heteroatoms. The molecule has 0 unspecified atom stereocenters. The molecule has 0 radical (unpaired) electrons. The molecule has 18 heavy (non-hydrogen) atoms. The Morgan fingerprint density at radius 3 is 2.72 bits per heavy atom. The van der Waals surface area contributed by atoms with E-state index in [2.05, 4.69) is 15.0 Å². The second-order valence-electron chi connectivity index (χ2n) is 3.76. The van der Waals surface area contributed by atoms with Crippen LogP contribution in [-0.2, 0) is 17.8 Å². The van der Waals surface area contributed by atoms with E-state index in [1.807, 2.05) is 23.8 Å². The Kier molecular flexibility index (Phi) is 4.44. The first kappa shape index (κ1) is 12.7. The number of nitrogens with one attached hydrogen (secondary N) is 1. The highest BCUT2D eigenvalue weighted by molar-refractivity contribution is 7.09. The fraction of sp³-hybridized carbons (Fsp3) is 0.231. The molecule has 0 aliphatic carbocycles. The maximum absolute atomic E-state index is 11.3. The molecule has 0 fully saturated rings. The lowest BCUT2D eigenvalue weighted by molar-refractivity contribution is 0.0600. The Morgan fingerprint density at radius 1 is 1.33 bits per heavy atom. The maximum Gasteiger partial charge on any atom is 0.337 e. The van der Waals surface area contributed by atoms with Gasteiger partial charge >= 0.3 is 5.97 Å². The van der Waals surface area contributed by atoms with Gasteiger partial charge in [-0.3, -0.25) is 4.98 Å². The molecule has 0 spiro atoms. The minimum absolute atomic E-state index is 0.306. The molecule has 1 heterocycles. The summed E-state index contributed by atoms with van der Waals surface area (Å²) < 4.78 is 4.65. The number of thiazole rings is 1. The van der Waals surface area contributed by atoms with Gasteiger partial charge in [-0.2, -0.15) is 0 Å². The number of benzene rings is 1. The fourth-order valence-electron chi connectivity index (χ4n) is 1.54. The lowest BCUT2D eigenvalue weighted by Crippen LogP contribution is -2.12. The van der Waals surface area contributed by atoms with Crippen molar-refractivity contribution < 1.29 is 9.53 Å². The van der Waals surface area contributed by atoms with Gasteiger partial charge in [-0.25, -0.2) is 4.79 Å². The van der Waals surface area contributed by atoms with Crippen LogP contribution in [0, 0.1) is 0 Å². The zero-order chi connectivity index (χ0) is 12.8. The number of rotatable bonds is 5. The van der Waals surface area contributed by atoms with Crippen LogP contribution in [0.1, 0.15) is 20.8 Å². The molecular formula is C13H14N2O2S. The average molecular weight is 262 g/mol. The molecule has 1 aromatic heterocycles. The second-order valence-corrected chi connectivity index (χ2v) is 4.73. The first-order chi connectivity index (χ1) is 8.79. The summed E-state index contributed by atoms with van der Waals surface area (Å²) in [5.41, 5.74) is 3.53. The van der Waals surface area contributed by atoms with Crippen LogP contribution in [-0.4, -0.2) is 18.1 Å². The van der Waals surface area contributed by atoms with Gasteiger partial charge in [0.05, 0.1) is 18.2 Å². The number of nitrogens with zero attached hydrogens (tertiary/aromatic N) is 1. The summed E-state index contributed by atoms with van der Waals surface area (Å²) in [6.07, 6.45) is 1.86. The third kappa shape index (κ3) is 3.38. The van der Waals surface area contributed by atoms with Gasteiger partial charge in [0.15, 0.2) is 0 Å². The van der Waals surface area contributed by atoms with Crippen LogP contribution in [0.5, 0.6) is 0 Å². The standard InChI is InChI=1S/C13H14N2O2S/c1-17-13(16)11-4-2-10(3-5-11)6-14-7-12-8-15-9-18-12/h2-5,8-9,14H,6-7H2,1H3. The highest BCUT2D eigenvalue weighted by Gasteiger charge is 2.04. The third-order valence-electron chi connectivity index (χ3n) is 2.49. The molecular weight excluding hydrogens is 248 g/mol. The molecule has 0 amide bonds. The van der Waals surface area contributed by atoms with Gasteiger partial charge in [-0.15, -0.1) is 11.3 Å². The first-order valence-corrected chi connectivity index (χ1v) is 6.43. The zero-order valence-electron chi connectivity index (χ0n) is 10.1. The van der Waals surface area contributed by atoms with Crippen molar-refractivity contribution >= 4 is 17.3 Å². The Labute approximate surface area is 110 Å². The molecule has 0 atom stereocenters. The van der Waals surface area contributed by atoms with E-state index in [9.17, 15) is 4.79 Å². The lowest BCUT2D eigenvalue weighted by Gasteiger charge is -2.04. The summed E-state index contributed by atoms with van der Waals surface area (Å²) in [5, 5.41) is 3.32. The van der Waals surface area contributed by atoms with Crippen LogP contribution in [0.4, 0.5) is 0 Å². The van der Waals surface area contributed by atoms with Crippen molar-refractivity contribution in [2.24, 2.45) is 0 Å². The Balaban J connectivity index is 1.85. The highest BCUT2D eigenvalue weighted by atomic mass is 32.1. The van der Waals surface area contributed by atoms with Crippen molar-refractivity contribution in [1.82, 2.24) is 10.3 Å². The molecule has 0 aliphatic rings. The maximum atomic E-state index is 11.3. The van der Waals surface area contributed by atoms with Crippen LogP contribution >= 0.6 is 11.3 Å². The van der Waals surface area contributed by atoms with Crippen LogP contribution in [0.25, 0.3) is 0 Å². The number of hydrogen-bond donors (Lipinski definition) is 1. The van der Waals surface area contributed by atoms with Crippen molar-refractivity contribution in [1.29, 1.82) is 0 Å². The van der Waals surface area contributed by atoms with Crippen LogP contribution in [0.3, 0.4) is 0 Å². The molecule has 2 rings (SSSR count). The number of methoxy groups -OCH3 is 1. The topological polar surface area (TPSA) is 51.2 Å². The van der Waals surface area contributed by atoms with E-state index in [1.165, 1.54) is 12.0 Å². The van der Waals surface area contributed by atoms with Crippen LogP contribution in [0.15, 0.2) is 36.0 Å². The number of esters is 1. The van der Waals surface area contributed by atoms with Crippen molar-refractivity contribution in [2.75, 3.05) is 7.11 Å². The molecule has 1 N–H and O–H groups in total. The van der Waals surface area contributed by atoms with E-state index in [-0.39, 0.29) is 5.97 Å². The fourth-order valence-corrected chi connectivity index (χ4v) is 2.10. The number of ether oxygens (including phenoxy) is 1. The zero-order valence-corrected chi connectivity index (χ0v) is 10.9. The van der Waals surface area contributed by atoms with Gasteiger partial charge in [-0.1, -0.05) is 12.1 Å². The predicted octanol–water partition coefficient (Wildman–Crippen LogP) is 2.22. The molecule has 94 valence electrons. The largest absolute Gasteiger partial charge is 0.465 e. The molecule has 0 saturated heterocycles. The number of aromatic nitrogens is 1. The summed E-state index contributed by atoms with van der Waals surface area (Å²) in [6.45, 7) is 1.57. The lowest BCUT2D eigenvalue weighted by atomic mass is 10.1. The Bertz CT molecular complexity index is 494. The SMILES string of the molecule is COC(=O)c1ccc(CNCc2cncs2)cc1. The molecule has 0 aliphatic heterocycles. The summed E-state index contributed by atoms with van der Waals surface area (Å²) in [7, 11) is 1.38. The minimum Gasteiger partial charge on any atom is -0.465 e. The van der Waals surface area contributed by atoms with Gasteiger partial charge in [-0.05, 0) is 17.7 Å². The van der Waals surface area contributed by atoms with E-state index in [4.69, 9.17) is 0 Å². The normalized spacial score (nSPS) is 10.3. The summed E-state index contributed by atoms with van der Waals surface area (Å²) in [6, 6.07) is 7.39. The number of carbonyl (C=O) groups excluding carboxylic acids is 1. The summed E-state index contributed by atoms with van der Waals surface area (Å²) in [4.78, 5) is 16.5. The van der Waals surface area contributed by atoms with E-state index < -0.39 is 0 Å². The molecule has 0 saturated carbocycles. The monoisotopic (exact) mass is 262 g/mol. The third-order valence-corrected chi connectivity index (χ3v) is 3.27. The number of hydrogen-bond acceptors (Lipinski definition) is 5. The van der Waals surface area contributed by atoms with Crippen LogP contribution < -0.4 is 5.32 Å². The van der Waals surface area contributed by atoms with E-state index in [0.717, 1.165) is 18.7 Å². The summed E-state index contributed by atoms with van der Waals surface area (Å²) >= 11 is 1.63. The predicted molar refractivity (Wildman–Crippen MR) is 70.4 cm³/mol. The van der Waals surface area contributed by atoms with Crippen molar-refractivity contribution in [3.05, 3.63) is 52.0 Å². The highest BCUT2D eigenvalue weighted by Crippen LogP contribution is 2.07. The Morgan fingerprint density at radius 2 is 2.11 bits per heavy atom. The van der Waals surface area contributed by atoms with Gasteiger partial charge in [0, 0.05) is 24.2 Å². The van der Waals surface area contributed by atoms with Gasteiger partial charge in [0.2, 0.25) is 0 Å². The van der Waals surface area contributed by atoms with Crippen LogP contribution in [0.2, 0.25) is 0 Å². The van der Waals surface area contributed by atoms with Crippen molar-refractivity contribution in [3.63, 3.8) is 0 Å². The second kappa shape index (κ2) is 6.28. The first-order valence-electron chi connectivity index (χ1n) is 5.55. The quantitative estimate of drug-likeness (QED) is 0.839. The Hall–Kier alpha value is -1.72. The van der Waals surface area contributed by atoms with Crippen molar-refractivity contribution in [2.45, 2.75) is 13.1 Å². The number of carbonyl (C=O) groups is 1. The molecule has 2 aromatic rings. The van der Waals surface area contributed by atoms with Gasteiger partial charge in [0.1, 0.15) is 0 Å². The van der Waals surface area contributed by atoms with Crippen molar-refractivity contribution in [3.8, 4) is 0 Å². The minimum atomic E-state index is -0.306. The molecule has 0 bridgehead atoms. The van der Waals surface area contributed by atoms with E-state index in [0.29, 0.717) is 5.56 Å². The van der Waals surface area contributed by atoms with Gasteiger partial charge < -0.3 is 10.1 Å². The van der Waals surface area contributed by atoms with E-state index >= 15 is 0 Å². The van der Waals surface area contributed by atoms with E-state index in [1.54, 1.807) is 23.5 Å². The van der Waals surface area contributed by atoms with Gasteiger partial charge in [0.25, 0.3) is 0 Å². The average Bonchev–Trinajstić information content (AvgIpc) is 2.92. The smallest absolute Gasteiger partial charge is 0.337 e. The molecule has 1 aromatic carbocycles. The summed E-state index contributed by atoms with van der Waals surface area (Å²) in [5.74, 6) is -0.306.